The maximum atomic E-state index is 12.8. The molecule has 1 unspecified atom stereocenters. The van der Waals surface area contributed by atoms with Crippen LogP contribution in [-0.4, -0.2) is 36.1 Å². The Kier molecular flexibility index (Phi) is 3.11. The lowest BCUT2D eigenvalue weighted by Gasteiger charge is -2.16. The lowest BCUT2D eigenvalue weighted by molar-refractivity contribution is -0.117. The third-order valence-corrected chi connectivity index (χ3v) is 3.84. The molecule has 7 nitrogen and oxygen atoms in total. The number of hydrogen-bond acceptors (Lipinski definition) is 6. The number of carbonyl (C=O) groups is 1. The average molecular weight is 295 g/mol. The van der Waals surface area contributed by atoms with Gasteiger partial charge in [-0.15, -0.1) is 3.89 Å². The van der Waals surface area contributed by atoms with Gasteiger partial charge in [0.05, 0.1) is 6.20 Å². The van der Waals surface area contributed by atoms with Crippen molar-refractivity contribution in [3.63, 3.8) is 0 Å². The van der Waals surface area contributed by atoms with Gasteiger partial charge in [-0.2, -0.15) is 13.4 Å². The van der Waals surface area contributed by atoms with Gasteiger partial charge in [-0.1, -0.05) is 0 Å². The highest BCUT2D eigenvalue weighted by Gasteiger charge is 2.39. The number of nitrogens with zero attached hydrogens (tertiary/aromatic N) is 3. The molecule has 0 aliphatic carbocycles. The lowest BCUT2D eigenvalue weighted by Crippen LogP contribution is -2.28. The summed E-state index contributed by atoms with van der Waals surface area (Å²) >= 11 is 5.50. The van der Waals surface area contributed by atoms with Gasteiger partial charge in [-0.3, -0.25) is 4.79 Å². The molecule has 1 aliphatic rings. The molecule has 2 heterocycles. The second kappa shape index (κ2) is 4.32. The molecule has 1 saturated heterocycles. The first kappa shape index (κ1) is 13.0. The van der Waals surface area contributed by atoms with E-state index in [1.807, 2.05) is 0 Å². The van der Waals surface area contributed by atoms with E-state index < -0.39 is 27.8 Å². The zero-order chi connectivity index (χ0) is 13.5. The van der Waals surface area contributed by atoms with Crippen molar-refractivity contribution in [3.8, 4) is 0 Å². The molecular weight excluding hydrogens is 287 g/mol. The van der Waals surface area contributed by atoms with E-state index in [9.17, 15) is 17.1 Å². The summed E-state index contributed by atoms with van der Waals surface area (Å²) in [5.74, 6) is -0.626. The summed E-state index contributed by atoms with van der Waals surface area (Å²) in [6, 6.07) is 0. The Balaban J connectivity index is 2.33. The maximum Gasteiger partial charge on any atom is 0.307 e. The van der Waals surface area contributed by atoms with E-state index >= 15 is 0 Å². The van der Waals surface area contributed by atoms with Gasteiger partial charge in [0, 0.05) is 13.0 Å². The number of nitrogens with two attached hydrogens (primary N) is 1. The zero-order valence-corrected chi connectivity index (χ0v) is 10.4. The Morgan fingerprint density at radius 3 is 2.72 bits per heavy atom. The van der Waals surface area contributed by atoms with Gasteiger partial charge in [0.15, 0.2) is 5.82 Å². The van der Waals surface area contributed by atoms with Crippen molar-refractivity contribution in [2.24, 2.45) is 0 Å². The van der Waals surface area contributed by atoms with Crippen molar-refractivity contribution >= 4 is 39.2 Å². The van der Waals surface area contributed by atoms with Crippen molar-refractivity contribution in [1.82, 2.24) is 9.97 Å². The zero-order valence-electron chi connectivity index (χ0n) is 8.88. The van der Waals surface area contributed by atoms with E-state index in [0.717, 1.165) is 4.90 Å². The normalized spacial score (nSPS) is 20.4. The molecule has 0 bridgehead atoms. The third kappa shape index (κ3) is 2.36. The molecule has 10 heteroatoms. The van der Waals surface area contributed by atoms with Gasteiger partial charge < -0.3 is 10.6 Å². The van der Waals surface area contributed by atoms with Crippen LogP contribution >= 0.6 is 11.6 Å². The first-order valence-corrected chi connectivity index (χ1v) is 6.63. The van der Waals surface area contributed by atoms with Crippen LogP contribution < -0.4 is 10.6 Å². The molecule has 1 fully saturated rings. The highest BCUT2D eigenvalue weighted by molar-refractivity contribution is 7.87. The molecule has 1 amide bonds. The van der Waals surface area contributed by atoms with E-state index in [4.69, 9.17) is 17.3 Å². The van der Waals surface area contributed by atoms with Crippen LogP contribution in [-0.2, 0) is 15.0 Å². The minimum atomic E-state index is -4.77. The van der Waals surface area contributed by atoms with Crippen molar-refractivity contribution in [2.45, 2.75) is 11.7 Å². The Bertz CT molecular complexity index is 608. The van der Waals surface area contributed by atoms with Crippen molar-refractivity contribution in [3.05, 3.63) is 11.5 Å². The molecule has 1 atom stereocenters. The average Bonchev–Trinajstić information content (AvgIpc) is 2.60. The number of aromatic nitrogens is 2. The van der Waals surface area contributed by atoms with Gasteiger partial charge in [-0.25, -0.2) is 4.98 Å². The fourth-order valence-corrected chi connectivity index (χ4v) is 2.48. The second-order valence-corrected chi connectivity index (χ2v) is 5.67. The van der Waals surface area contributed by atoms with Crippen LogP contribution in [0.15, 0.2) is 6.20 Å². The first-order chi connectivity index (χ1) is 8.29. The van der Waals surface area contributed by atoms with E-state index in [1.165, 1.54) is 6.20 Å². The molecule has 98 valence electrons. The van der Waals surface area contributed by atoms with Gasteiger partial charge in [0.25, 0.3) is 0 Å². The molecule has 2 N–H and O–H groups in total. The first-order valence-electron chi connectivity index (χ1n) is 4.81. The fourth-order valence-electron chi connectivity index (χ4n) is 1.67. The molecule has 1 aromatic heterocycles. The summed E-state index contributed by atoms with van der Waals surface area (Å²) in [5.41, 5.74) is 5.67. The number of hydrogen-bond donors (Lipinski definition) is 1. The molecular formula is C8H8ClFN4O3S. The highest BCUT2D eigenvalue weighted by atomic mass is 35.5. The van der Waals surface area contributed by atoms with Crippen LogP contribution in [0.25, 0.3) is 0 Å². The Labute approximate surface area is 107 Å². The predicted octanol–water partition coefficient (Wildman–Crippen LogP) is 0.117. The molecule has 0 spiro atoms. The summed E-state index contributed by atoms with van der Waals surface area (Å²) < 4.78 is 34.4. The third-order valence-electron chi connectivity index (χ3n) is 2.55. The van der Waals surface area contributed by atoms with E-state index in [-0.39, 0.29) is 23.3 Å². The molecule has 1 aliphatic heterocycles. The van der Waals surface area contributed by atoms with Crippen molar-refractivity contribution in [2.75, 3.05) is 17.2 Å². The minimum absolute atomic E-state index is 0.0692. The summed E-state index contributed by atoms with van der Waals surface area (Å²) in [5, 5.41) is -1.49. The SMILES string of the molecule is Nc1nc(Cl)ncc1N1CC(S(=O)(=O)F)CC1=O. The summed E-state index contributed by atoms with van der Waals surface area (Å²) in [7, 11) is -4.77. The van der Waals surface area contributed by atoms with Crippen LogP contribution in [0.3, 0.4) is 0 Å². The van der Waals surface area contributed by atoms with Crippen LogP contribution in [0.1, 0.15) is 6.42 Å². The Morgan fingerprint density at radius 2 is 2.22 bits per heavy atom. The maximum absolute atomic E-state index is 12.8. The van der Waals surface area contributed by atoms with Crippen LogP contribution in [0.2, 0.25) is 5.28 Å². The minimum Gasteiger partial charge on any atom is -0.382 e. The molecule has 18 heavy (non-hydrogen) atoms. The van der Waals surface area contributed by atoms with Crippen molar-refractivity contribution in [1.29, 1.82) is 0 Å². The highest BCUT2D eigenvalue weighted by Crippen LogP contribution is 2.28. The molecule has 2 rings (SSSR count). The topological polar surface area (TPSA) is 106 Å². The van der Waals surface area contributed by atoms with Gasteiger partial charge in [-0.05, 0) is 11.6 Å². The largest absolute Gasteiger partial charge is 0.382 e. The number of rotatable bonds is 2. The van der Waals surface area contributed by atoms with Crippen LogP contribution in [0, 0.1) is 0 Å². The summed E-state index contributed by atoms with van der Waals surface area (Å²) in [6.07, 6.45) is 0.761. The number of nitrogen functional groups attached to an aromatic ring is 1. The van der Waals surface area contributed by atoms with Crippen LogP contribution in [0.4, 0.5) is 15.4 Å². The summed E-state index contributed by atoms with van der Waals surface area (Å²) in [6.45, 7) is -0.313. The molecule has 0 aromatic carbocycles. The van der Waals surface area contributed by atoms with E-state index in [1.54, 1.807) is 0 Å². The van der Waals surface area contributed by atoms with Gasteiger partial charge >= 0.3 is 10.2 Å². The number of anilines is 2. The van der Waals surface area contributed by atoms with Gasteiger partial charge in [0.1, 0.15) is 10.9 Å². The smallest absolute Gasteiger partial charge is 0.307 e. The lowest BCUT2D eigenvalue weighted by atomic mass is 10.4. The predicted molar refractivity (Wildman–Crippen MR) is 62.2 cm³/mol. The Hall–Kier alpha value is -1.48. The number of halogens is 2. The van der Waals surface area contributed by atoms with E-state index in [0.29, 0.717) is 0 Å². The summed E-state index contributed by atoms with van der Waals surface area (Å²) in [4.78, 5) is 19.9. The molecule has 1 aromatic rings. The van der Waals surface area contributed by atoms with Crippen LogP contribution in [0.5, 0.6) is 0 Å². The fraction of sp³-hybridized carbons (Fsp3) is 0.375. The van der Waals surface area contributed by atoms with Crippen molar-refractivity contribution < 1.29 is 17.1 Å². The van der Waals surface area contributed by atoms with Gasteiger partial charge in [0.2, 0.25) is 11.2 Å². The molecule has 0 saturated carbocycles. The quantitative estimate of drug-likeness (QED) is 0.613. The standard InChI is InChI=1S/C8H8ClFN4O3S/c9-8-12-2-5(7(11)13-8)14-3-4(1-6(14)15)18(10,16)17/h2,4H,1,3H2,(H2,11,12,13). The molecule has 0 radical (unpaired) electrons. The monoisotopic (exact) mass is 294 g/mol. The van der Waals surface area contributed by atoms with E-state index in [2.05, 4.69) is 9.97 Å². The number of carbonyl (C=O) groups excluding carboxylic acids is 1. The number of amides is 1. The second-order valence-electron chi connectivity index (χ2n) is 3.72. The Morgan fingerprint density at radius 1 is 1.56 bits per heavy atom.